The van der Waals surface area contributed by atoms with Gasteiger partial charge in [-0.05, 0) is 0 Å². The molecule has 0 nitrogen and oxygen atoms in total. The SMILES string of the molecule is [I][Fe]=[P](c1ccccc1)(c1ccccc1)c1ccccc1. The Morgan fingerprint density at radius 2 is 0.810 bits per heavy atom. The van der Waals surface area contributed by atoms with Crippen LogP contribution in [0.5, 0.6) is 0 Å². The molecule has 0 heterocycles. The maximum absolute atomic E-state index is 2.56. The van der Waals surface area contributed by atoms with Crippen LogP contribution in [0, 0.1) is 0 Å². The number of halogens is 1. The molecule has 0 aliphatic rings. The van der Waals surface area contributed by atoms with Crippen molar-refractivity contribution in [3.8, 4) is 0 Å². The molecule has 0 unspecified atom stereocenters. The van der Waals surface area contributed by atoms with Crippen LogP contribution in [0.1, 0.15) is 0 Å². The molecule has 0 aliphatic heterocycles. The van der Waals surface area contributed by atoms with Crippen LogP contribution >= 0.6 is 25.9 Å². The summed E-state index contributed by atoms with van der Waals surface area (Å²) in [6, 6.07) is 32.9. The summed E-state index contributed by atoms with van der Waals surface area (Å²) in [6.45, 7) is 0. The van der Waals surface area contributed by atoms with E-state index in [4.69, 9.17) is 0 Å². The predicted molar refractivity (Wildman–Crippen MR) is 99.2 cm³/mol. The van der Waals surface area contributed by atoms with Gasteiger partial charge >= 0.3 is 144 Å². The van der Waals surface area contributed by atoms with Gasteiger partial charge in [-0.3, -0.25) is 0 Å². The van der Waals surface area contributed by atoms with E-state index in [1.165, 1.54) is 15.9 Å². The van der Waals surface area contributed by atoms with Crippen molar-refractivity contribution < 1.29 is 10.8 Å². The van der Waals surface area contributed by atoms with E-state index in [0.29, 0.717) is 0 Å². The summed E-state index contributed by atoms with van der Waals surface area (Å²) >= 11 is 2.56. The van der Waals surface area contributed by atoms with E-state index in [-0.39, 0.29) is 0 Å². The standard InChI is InChI=1S/C18H15P.Fe.HI/c1-4-10-16(11-5-1)19(17-12-6-2-7-13-17)18-14-8-3-9-15-18;;/h1-15H;;1H/q;+1;/p-1. The normalized spacial score (nSPS) is 11.3. The molecule has 0 aliphatic carbocycles. The van der Waals surface area contributed by atoms with Gasteiger partial charge in [0, 0.05) is 0 Å². The van der Waals surface area contributed by atoms with Gasteiger partial charge in [-0.25, -0.2) is 0 Å². The molecule has 0 saturated heterocycles. The third kappa shape index (κ3) is 2.96. The minimum atomic E-state index is -1.55. The van der Waals surface area contributed by atoms with E-state index >= 15 is 0 Å². The van der Waals surface area contributed by atoms with E-state index in [9.17, 15) is 0 Å². The molecule has 0 bridgehead atoms. The van der Waals surface area contributed by atoms with Crippen molar-refractivity contribution in [1.29, 1.82) is 0 Å². The van der Waals surface area contributed by atoms with Crippen molar-refractivity contribution in [1.82, 2.24) is 0 Å². The maximum atomic E-state index is 2.56. The summed E-state index contributed by atoms with van der Waals surface area (Å²) in [7, 11) is 1.11. The van der Waals surface area contributed by atoms with Crippen LogP contribution in [0.15, 0.2) is 91.0 Å². The van der Waals surface area contributed by atoms with Gasteiger partial charge in [-0.1, -0.05) is 0 Å². The first-order valence-corrected chi connectivity index (χ1v) is 13.4. The van der Waals surface area contributed by atoms with E-state index in [1.807, 2.05) is 0 Å². The Morgan fingerprint density at radius 1 is 0.524 bits per heavy atom. The molecule has 3 aromatic carbocycles. The number of hydrogen-bond donors (Lipinski definition) is 0. The third-order valence-electron chi connectivity index (χ3n) is 3.41. The molecule has 0 aromatic heterocycles. The Labute approximate surface area is 142 Å². The molecular formula is C18H15FeIP. The summed E-state index contributed by atoms with van der Waals surface area (Å²) in [5, 5.41) is 4.37. The van der Waals surface area contributed by atoms with Crippen molar-refractivity contribution in [3.63, 3.8) is 0 Å². The molecule has 0 amide bonds. The zero-order valence-corrected chi connectivity index (χ0v) is 15.5. The molecule has 21 heavy (non-hydrogen) atoms. The molecule has 0 radical (unpaired) electrons. The average molecular weight is 445 g/mol. The molecule has 0 spiro atoms. The quantitative estimate of drug-likeness (QED) is 0.320. The van der Waals surface area contributed by atoms with Crippen LogP contribution in [0.4, 0.5) is 0 Å². The Hall–Kier alpha value is -0.661. The molecule has 3 rings (SSSR count). The molecular weight excluding hydrogens is 430 g/mol. The van der Waals surface area contributed by atoms with Gasteiger partial charge < -0.3 is 0 Å². The summed E-state index contributed by atoms with van der Waals surface area (Å²) in [6.07, 6.45) is 0. The van der Waals surface area contributed by atoms with Crippen LogP contribution in [0.2, 0.25) is 0 Å². The number of benzene rings is 3. The Bertz CT molecular complexity index is 652. The van der Waals surface area contributed by atoms with Crippen molar-refractivity contribution in [2.45, 2.75) is 0 Å². The van der Waals surface area contributed by atoms with Gasteiger partial charge in [0.25, 0.3) is 0 Å². The molecule has 0 saturated carbocycles. The summed E-state index contributed by atoms with van der Waals surface area (Å²) in [5.41, 5.74) is -1.55. The first kappa shape index (κ1) is 15.2. The molecule has 0 fully saturated rings. The van der Waals surface area contributed by atoms with E-state index in [2.05, 4.69) is 111 Å². The molecule has 0 atom stereocenters. The molecule has 107 valence electrons. The second-order valence-electron chi connectivity index (χ2n) is 4.64. The number of rotatable bonds is 3. The first-order chi connectivity index (χ1) is 10.4. The van der Waals surface area contributed by atoms with Gasteiger partial charge in [0.15, 0.2) is 0 Å². The number of hydrogen-bond acceptors (Lipinski definition) is 0. The molecule has 0 N–H and O–H groups in total. The fourth-order valence-electron chi connectivity index (χ4n) is 2.44. The second-order valence-corrected chi connectivity index (χ2v) is 14.5. The first-order valence-electron chi connectivity index (χ1n) is 6.69. The fraction of sp³-hybridized carbons (Fsp3) is 0. The molecule has 3 aromatic rings. The third-order valence-corrected chi connectivity index (χ3v) is 16.3. The summed E-state index contributed by atoms with van der Waals surface area (Å²) < 4.78 is 0. The van der Waals surface area contributed by atoms with E-state index in [0.717, 1.165) is 10.8 Å². The van der Waals surface area contributed by atoms with Crippen LogP contribution in [0.3, 0.4) is 0 Å². The molecule has 3 heteroatoms. The monoisotopic (exact) mass is 445 g/mol. The van der Waals surface area contributed by atoms with Gasteiger partial charge in [-0.15, -0.1) is 0 Å². The van der Waals surface area contributed by atoms with Gasteiger partial charge in [0.2, 0.25) is 0 Å². The zero-order valence-electron chi connectivity index (χ0n) is 11.3. The van der Waals surface area contributed by atoms with Crippen LogP contribution in [0.25, 0.3) is 0 Å². The van der Waals surface area contributed by atoms with Crippen LogP contribution < -0.4 is 15.9 Å². The second kappa shape index (κ2) is 7.07. The van der Waals surface area contributed by atoms with Crippen molar-refractivity contribution in [3.05, 3.63) is 91.0 Å². The van der Waals surface area contributed by atoms with Gasteiger partial charge in [0.05, 0.1) is 0 Å². The van der Waals surface area contributed by atoms with Crippen molar-refractivity contribution >= 4 is 41.8 Å². The van der Waals surface area contributed by atoms with Crippen LogP contribution in [-0.4, -0.2) is 0 Å². The van der Waals surface area contributed by atoms with E-state index < -0.39 is 5.51 Å². The van der Waals surface area contributed by atoms with E-state index in [1.54, 1.807) is 0 Å². The fourth-order valence-corrected chi connectivity index (χ4v) is 15.0. The Balaban J connectivity index is 2.35. The van der Waals surface area contributed by atoms with Gasteiger partial charge in [0.1, 0.15) is 0 Å². The Kier molecular flexibility index (Phi) is 5.13. The van der Waals surface area contributed by atoms with Crippen LogP contribution in [-0.2, 0) is 10.8 Å². The topological polar surface area (TPSA) is 0 Å². The van der Waals surface area contributed by atoms with Crippen molar-refractivity contribution in [2.24, 2.45) is 0 Å². The van der Waals surface area contributed by atoms with Gasteiger partial charge in [-0.2, -0.15) is 0 Å². The zero-order chi connectivity index (χ0) is 14.5. The van der Waals surface area contributed by atoms with Crippen molar-refractivity contribution in [2.75, 3.05) is 0 Å². The average Bonchev–Trinajstić information content (AvgIpc) is 2.59. The predicted octanol–water partition coefficient (Wildman–Crippen LogP) is 4.33. The Morgan fingerprint density at radius 3 is 1.05 bits per heavy atom. The summed E-state index contributed by atoms with van der Waals surface area (Å²) in [4.78, 5) is 0. The minimum absolute atomic E-state index is 1.11. The summed E-state index contributed by atoms with van der Waals surface area (Å²) in [5.74, 6) is 0.